The third-order valence-corrected chi connectivity index (χ3v) is 5.57. The summed E-state index contributed by atoms with van der Waals surface area (Å²) in [7, 11) is -3.52. The number of hydrogen-bond donors (Lipinski definition) is 1. The van der Waals surface area contributed by atoms with Crippen molar-refractivity contribution in [3.63, 3.8) is 0 Å². The fraction of sp³-hybridized carbons (Fsp3) is 0.105. The Morgan fingerprint density at radius 3 is 2.42 bits per heavy atom. The summed E-state index contributed by atoms with van der Waals surface area (Å²) in [4.78, 5) is 4.82. The molecule has 0 heterocycles. The van der Waals surface area contributed by atoms with Crippen molar-refractivity contribution in [1.82, 2.24) is 0 Å². The lowest BCUT2D eigenvalue weighted by Crippen LogP contribution is -2.05. The van der Waals surface area contributed by atoms with Crippen LogP contribution in [0, 0.1) is 0 Å². The number of hydrogen-bond acceptors (Lipinski definition) is 3. The van der Waals surface area contributed by atoms with Crippen molar-refractivity contribution in [2.75, 3.05) is 0 Å². The van der Waals surface area contributed by atoms with Gasteiger partial charge in [-0.3, -0.25) is 4.99 Å². The van der Waals surface area contributed by atoms with Crippen molar-refractivity contribution >= 4 is 26.4 Å². The summed E-state index contributed by atoms with van der Waals surface area (Å²) in [5.74, 6) is 0.523. The van der Waals surface area contributed by atoms with Crippen molar-refractivity contribution < 1.29 is 8.42 Å². The van der Waals surface area contributed by atoms with Gasteiger partial charge in [-0.1, -0.05) is 42.5 Å². The van der Waals surface area contributed by atoms with Crippen LogP contribution in [0.4, 0.5) is 0 Å². The van der Waals surface area contributed by atoms with E-state index in [1.807, 2.05) is 24.3 Å². The zero-order valence-corrected chi connectivity index (χ0v) is 14.1. The Kier molecular flexibility index (Phi) is 4.36. The Hall–Kier alpha value is -2.66. The lowest BCUT2D eigenvalue weighted by Gasteiger charge is -2.08. The molecule has 122 valence electrons. The molecule has 3 aromatic rings. The van der Waals surface area contributed by atoms with Crippen molar-refractivity contribution in [2.24, 2.45) is 10.7 Å². The average molecular weight is 338 g/mol. The molecule has 0 aromatic heterocycles. The van der Waals surface area contributed by atoms with Gasteiger partial charge in [0, 0.05) is 0 Å². The van der Waals surface area contributed by atoms with Gasteiger partial charge in [-0.05, 0) is 47.5 Å². The highest BCUT2D eigenvalue weighted by molar-refractivity contribution is 7.91. The number of nitrogens with two attached hydrogens (primary N) is 1. The summed E-state index contributed by atoms with van der Waals surface area (Å²) in [6.45, 7) is 2.22. The molecule has 4 nitrogen and oxygen atoms in total. The van der Waals surface area contributed by atoms with E-state index >= 15 is 0 Å². The highest BCUT2D eigenvalue weighted by atomic mass is 32.2. The molecule has 0 aliphatic rings. The maximum atomic E-state index is 12.7. The number of rotatable bonds is 4. The van der Waals surface area contributed by atoms with Gasteiger partial charge < -0.3 is 5.73 Å². The molecule has 0 radical (unpaired) electrons. The van der Waals surface area contributed by atoms with Gasteiger partial charge >= 0.3 is 0 Å². The lowest BCUT2D eigenvalue weighted by atomic mass is 10.0. The maximum absolute atomic E-state index is 12.7. The van der Waals surface area contributed by atoms with E-state index in [1.165, 1.54) is 0 Å². The summed E-state index contributed by atoms with van der Waals surface area (Å²) in [6.07, 6.45) is 0. The standard InChI is InChI=1S/C19H18N2O2S/c1-14(20)21-13-16-7-5-6-15-12-18(10-11-19(15)16)24(22,23)17-8-3-2-4-9-17/h2-12H,13H2,1H3,(H2,20,21). The molecule has 0 bridgehead atoms. The molecule has 0 fully saturated rings. The minimum Gasteiger partial charge on any atom is -0.388 e. The molecule has 0 amide bonds. The van der Waals surface area contributed by atoms with Crippen LogP contribution in [-0.2, 0) is 16.4 Å². The first kappa shape index (κ1) is 16.2. The highest BCUT2D eigenvalue weighted by Gasteiger charge is 2.17. The molecule has 3 aromatic carbocycles. The van der Waals surface area contributed by atoms with Crippen LogP contribution < -0.4 is 5.73 Å². The smallest absolute Gasteiger partial charge is 0.206 e. The molecule has 0 aliphatic heterocycles. The van der Waals surface area contributed by atoms with Crippen LogP contribution in [0.1, 0.15) is 12.5 Å². The largest absolute Gasteiger partial charge is 0.388 e. The van der Waals surface area contributed by atoms with Gasteiger partial charge in [-0.2, -0.15) is 0 Å². The first-order valence-electron chi connectivity index (χ1n) is 7.57. The Labute approximate surface area is 141 Å². The molecule has 0 atom stereocenters. The van der Waals surface area contributed by atoms with E-state index in [9.17, 15) is 8.42 Å². The lowest BCUT2D eigenvalue weighted by molar-refractivity contribution is 0.596. The van der Waals surface area contributed by atoms with Crippen molar-refractivity contribution in [3.8, 4) is 0 Å². The molecule has 0 spiro atoms. The fourth-order valence-electron chi connectivity index (χ4n) is 2.58. The van der Waals surface area contributed by atoms with Gasteiger partial charge in [0.2, 0.25) is 9.84 Å². The summed E-state index contributed by atoms with van der Waals surface area (Å²) in [5.41, 5.74) is 6.62. The summed E-state index contributed by atoms with van der Waals surface area (Å²) in [5, 5.41) is 1.85. The Morgan fingerprint density at radius 2 is 1.71 bits per heavy atom. The molecule has 0 aliphatic carbocycles. The van der Waals surface area contributed by atoms with E-state index in [1.54, 1.807) is 49.4 Å². The minimum atomic E-state index is -3.52. The SMILES string of the molecule is C/C(N)=N\Cc1cccc2cc(S(=O)(=O)c3ccccc3)ccc12. The first-order valence-corrected chi connectivity index (χ1v) is 9.05. The summed E-state index contributed by atoms with van der Waals surface area (Å²) < 4.78 is 25.5. The van der Waals surface area contributed by atoms with Gasteiger partial charge in [0.1, 0.15) is 0 Å². The van der Waals surface area contributed by atoms with Gasteiger partial charge in [0.15, 0.2) is 0 Å². The second-order valence-corrected chi connectivity index (χ2v) is 7.52. The molecule has 24 heavy (non-hydrogen) atoms. The van der Waals surface area contributed by atoms with E-state index in [0.29, 0.717) is 17.3 Å². The predicted molar refractivity (Wildman–Crippen MR) is 96.8 cm³/mol. The highest BCUT2D eigenvalue weighted by Crippen LogP contribution is 2.26. The predicted octanol–water partition coefficient (Wildman–Crippen LogP) is 3.55. The van der Waals surface area contributed by atoms with Crippen LogP contribution in [0.2, 0.25) is 0 Å². The van der Waals surface area contributed by atoms with Crippen LogP contribution in [0.15, 0.2) is 81.5 Å². The molecule has 3 rings (SSSR count). The number of nitrogens with zero attached hydrogens (tertiary/aromatic N) is 1. The topological polar surface area (TPSA) is 72.5 Å². The molecular weight excluding hydrogens is 320 g/mol. The molecule has 0 unspecified atom stereocenters. The van der Waals surface area contributed by atoms with Crippen LogP contribution >= 0.6 is 0 Å². The second-order valence-electron chi connectivity index (χ2n) is 5.57. The normalized spacial score (nSPS) is 12.5. The molecule has 0 saturated heterocycles. The van der Waals surface area contributed by atoms with Gasteiger partial charge in [0.05, 0.1) is 22.2 Å². The maximum Gasteiger partial charge on any atom is 0.206 e. The van der Waals surface area contributed by atoms with Crippen LogP contribution in [0.3, 0.4) is 0 Å². The Bertz CT molecular complexity index is 1010. The average Bonchev–Trinajstić information content (AvgIpc) is 2.60. The van der Waals surface area contributed by atoms with Crippen molar-refractivity contribution in [2.45, 2.75) is 23.3 Å². The zero-order valence-electron chi connectivity index (χ0n) is 13.3. The van der Waals surface area contributed by atoms with Gasteiger partial charge in [-0.25, -0.2) is 8.42 Å². The van der Waals surface area contributed by atoms with Crippen LogP contribution in [0.25, 0.3) is 10.8 Å². The van der Waals surface area contributed by atoms with Crippen molar-refractivity contribution in [1.29, 1.82) is 0 Å². The first-order chi connectivity index (χ1) is 11.5. The van der Waals surface area contributed by atoms with Gasteiger partial charge in [-0.15, -0.1) is 0 Å². The molecular formula is C19H18N2O2S. The quantitative estimate of drug-likeness (QED) is 0.584. The Morgan fingerprint density at radius 1 is 0.958 bits per heavy atom. The second kappa shape index (κ2) is 6.45. The van der Waals surface area contributed by atoms with E-state index in [0.717, 1.165) is 16.3 Å². The van der Waals surface area contributed by atoms with Crippen LogP contribution in [-0.4, -0.2) is 14.3 Å². The third-order valence-electron chi connectivity index (χ3n) is 3.80. The van der Waals surface area contributed by atoms with Gasteiger partial charge in [0.25, 0.3) is 0 Å². The Balaban J connectivity index is 2.09. The number of amidine groups is 1. The minimum absolute atomic E-state index is 0.289. The number of sulfone groups is 1. The zero-order chi connectivity index (χ0) is 17.2. The molecule has 2 N–H and O–H groups in total. The third kappa shape index (κ3) is 3.16. The molecule has 0 saturated carbocycles. The number of benzene rings is 3. The van der Waals surface area contributed by atoms with E-state index < -0.39 is 9.84 Å². The monoisotopic (exact) mass is 338 g/mol. The summed E-state index contributed by atoms with van der Waals surface area (Å²) in [6, 6.07) is 19.4. The summed E-state index contributed by atoms with van der Waals surface area (Å²) >= 11 is 0. The van der Waals surface area contributed by atoms with Crippen molar-refractivity contribution in [3.05, 3.63) is 72.3 Å². The number of fused-ring (bicyclic) bond motifs is 1. The van der Waals surface area contributed by atoms with Crippen LogP contribution in [0.5, 0.6) is 0 Å². The number of aliphatic imine (C=N–C) groups is 1. The van der Waals surface area contributed by atoms with E-state index in [-0.39, 0.29) is 4.90 Å². The van der Waals surface area contributed by atoms with E-state index in [2.05, 4.69) is 4.99 Å². The van der Waals surface area contributed by atoms with E-state index in [4.69, 9.17) is 5.73 Å². The molecule has 5 heteroatoms. The fourth-order valence-corrected chi connectivity index (χ4v) is 3.90.